The number of amides is 1. The lowest BCUT2D eigenvalue weighted by molar-refractivity contribution is -0.901. The summed E-state index contributed by atoms with van der Waals surface area (Å²) in [6.45, 7) is 3.62. The predicted octanol–water partition coefficient (Wildman–Crippen LogP) is 2.54. The Labute approximate surface area is 163 Å². The lowest BCUT2D eigenvalue weighted by Gasteiger charge is -2.12. The number of fused-ring (bicyclic) bond motifs is 1. The van der Waals surface area contributed by atoms with E-state index in [0.29, 0.717) is 5.75 Å². The van der Waals surface area contributed by atoms with Gasteiger partial charge in [-0.1, -0.05) is 42.1 Å². The number of hydrogen-bond acceptors (Lipinski definition) is 4. The molecule has 27 heavy (non-hydrogen) atoms. The van der Waals surface area contributed by atoms with Gasteiger partial charge in [0.1, 0.15) is 17.9 Å². The number of anilines is 1. The van der Waals surface area contributed by atoms with Crippen LogP contribution in [0.5, 0.6) is 0 Å². The van der Waals surface area contributed by atoms with E-state index in [1.807, 2.05) is 36.4 Å². The van der Waals surface area contributed by atoms with Crippen LogP contribution >= 0.6 is 11.8 Å². The van der Waals surface area contributed by atoms with Crippen molar-refractivity contribution in [3.05, 3.63) is 60.4 Å². The smallest absolute Gasteiger partial charge is 0.234 e. The number of thioether (sulfide) groups is 1. The van der Waals surface area contributed by atoms with Gasteiger partial charge < -0.3 is 10.2 Å². The van der Waals surface area contributed by atoms with Crippen LogP contribution in [0.1, 0.15) is 18.4 Å². The number of carbonyl (C=O) groups excluding carboxylic acids is 1. The molecule has 1 aliphatic rings. The third-order valence-corrected chi connectivity index (χ3v) is 5.85. The van der Waals surface area contributed by atoms with E-state index in [1.165, 1.54) is 43.3 Å². The average molecular weight is 380 g/mol. The monoisotopic (exact) mass is 379 g/mol. The molecule has 1 aromatic heterocycles. The first-order valence-electron chi connectivity index (χ1n) is 9.33. The van der Waals surface area contributed by atoms with Gasteiger partial charge in [0.15, 0.2) is 0 Å². The number of likely N-dealkylation sites (tertiary alicyclic amines) is 1. The van der Waals surface area contributed by atoms with E-state index in [2.05, 4.69) is 27.4 Å². The van der Waals surface area contributed by atoms with Crippen LogP contribution in [0.3, 0.4) is 0 Å². The summed E-state index contributed by atoms with van der Waals surface area (Å²) in [5, 5.41) is 4.78. The van der Waals surface area contributed by atoms with Gasteiger partial charge in [0.2, 0.25) is 5.91 Å². The van der Waals surface area contributed by atoms with E-state index in [4.69, 9.17) is 0 Å². The highest BCUT2D eigenvalue weighted by Crippen LogP contribution is 2.24. The first-order chi connectivity index (χ1) is 13.3. The van der Waals surface area contributed by atoms with E-state index in [1.54, 1.807) is 11.2 Å². The maximum Gasteiger partial charge on any atom is 0.234 e. The van der Waals surface area contributed by atoms with Crippen molar-refractivity contribution in [3.63, 3.8) is 0 Å². The Morgan fingerprint density at radius 3 is 2.63 bits per heavy atom. The van der Waals surface area contributed by atoms with Gasteiger partial charge in [-0.3, -0.25) is 4.79 Å². The highest BCUT2D eigenvalue weighted by atomic mass is 32.2. The van der Waals surface area contributed by atoms with Crippen molar-refractivity contribution in [1.82, 2.24) is 9.97 Å². The summed E-state index contributed by atoms with van der Waals surface area (Å²) >= 11 is 1.44. The van der Waals surface area contributed by atoms with Crippen molar-refractivity contribution in [2.75, 3.05) is 24.2 Å². The second kappa shape index (κ2) is 8.50. The Hall–Kier alpha value is -2.44. The standard InChI is InChI=1S/C21H22N4OS/c26-20(14-27-21-18-5-1-2-6-19(18)22-15-23-21)24-17-9-7-16(8-10-17)13-25-11-3-4-12-25/h1-2,5-10,15H,3-4,11-14H2,(H,24,26)/p+1. The van der Waals surface area contributed by atoms with E-state index in [9.17, 15) is 4.79 Å². The molecule has 2 heterocycles. The Balaban J connectivity index is 1.32. The molecule has 1 aliphatic heterocycles. The molecule has 6 heteroatoms. The summed E-state index contributed by atoms with van der Waals surface area (Å²) in [4.78, 5) is 22.5. The van der Waals surface area contributed by atoms with Crippen LogP contribution in [0.4, 0.5) is 5.69 Å². The molecule has 0 saturated carbocycles. The van der Waals surface area contributed by atoms with Crippen LogP contribution in [-0.2, 0) is 11.3 Å². The zero-order valence-electron chi connectivity index (χ0n) is 15.1. The third kappa shape index (κ3) is 4.64. The number of rotatable bonds is 6. The van der Waals surface area contributed by atoms with Crippen LogP contribution in [-0.4, -0.2) is 34.7 Å². The Morgan fingerprint density at radius 1 is 1.04 bits per heavy atom. The molecule has 0 radical (unpaired) electrons. The number of benzene rings is 2. The van der Waals surface area contributed by atoms with Gasteiger partial charge in [-0.15, -0.1) is 0 Å². The molecule has 0 unspecified atom stereocenters. The summed E-state index contributed by atoms with van der Waals surface area (Å²) in [5.74, 6) is 0.293. The molecular formula is C21H23N4OS+. The number of quaternary nitrogens is 1. The molecule has 1 fully saturated rings. The average Bonchev–Trinajstić information content (AvgIpc) is 3.21. The SMILES string of the molecule is O=C(CSc1ncnc2ccccc12)Nc1ccc(C[NH+]2CCCC2)cc1. The van der Waals surface area contributed by atoms with Gasteiger partial charge in [0, 0.05) is 29.5 Å². The van der Waals surface area contributed by atoms with Crippen LogP contribution in [0.15, 0.2) is 59.9 Å². The van der Waals surface area contributed by atoms with Crippen molar-refractivity contribution in [2.24, 2.45) is 0 Å². The summed E-state index contributed by atoms with van der Waals surface area (Å²) in [6.07, 6.45) is 4.22. The van der Waals surface area contributed by atoms with Crippen LogP contribution in [0.2, 0.25) is 0 Å². The molecule has 2 aromatic carbocycles. The fourth-order valence-corrected chi connectivity index (χ4v) is 4.26. The molecule has 5 nitrogen and oxygen atoms in total. The van der Waals surface area contributed by atoms with Gasteiger partial charge in [0.25, 0.3) is 0 Å². The maximum atomic E-state index is 12.3. The van der Waals surface area contributed by atoms with Crippen molar-refractivity contribution in [1.29, 1.82) is 0 Å². The number of para-hydroxylation sites is 1. The summed E-state index contributed by atoms with van der Waals surface area (Å²) in [6, 6.07) is 16.1. The van der Waals surface area contributed by atoms with Crippen molar-refractivity contribution in [2.45, 2.75) is 24.4 Å². The van der Waals surface area contributed by atoms with Crippen molar-refractivity contribution < 1.29 is 9.69 Å². The van der Waals surface area contributed by atoms with Gasteiger partial charge >= 0.3 is 0 Å². The first kappa shape index (κ1) is 17.9. The molecule has 0 bridgehead atoms. The van der Waals surface area contributed by atoms with Gasteiger partial charge in [-0.25, -0.2) is 9.97 Å². The molecule has 0 spiro atoms. The minimum atomic E-state index is -0.0272. The molecule has 1 saturated heterocycles. The fraction of sp³-hybridized carbons (Fsp3) is 0.286. The quantitative estimate of drug-likeness (QED) is 0.510. The lowest BCUT2D eigenvalue weighted by Crippen LogP contribution is -3.08. The van der Waals surface area contributed by atoms with Crippen LogP contribution in [0.25, 0.3) is 10.9 Å². The summed E-state index contributed by atoms with van der Waals surface area (Å²) in [7, 11) is 0. The second-order valence-electron chi connectivity index (χ2n) is 6.86. The van der Waals surface area contributed by atoms with Gasteiger partial charge in [0.05, 0.1) is 24.4 Å². The first-order valence-corrected chi connectivity index (χ1v) is 10.3. The molecule has 4 rings (SSSR count). The second-order valence-corrected chi connectivity index (χ2v) is 7.83. The molecule has 138 valence electrons. The minimum absolute atomic E-state index is 0.0272. The summed E-state index contributed by atoms with van der Waals surface area (Å²) in [5.41, 5.74) is 3.06. The normalized spacial score (nSPS) is 14.5. The molecular weight excluding hydrogens is 356 g/mol. The van der Waals surface area contributed by atoms with E-state index < -0.39 is 0 Å². The lowest BCUT2D eigenvalue weighted by atomic mass is 10.2. The van der Waals surface area contributed by atoms with Crippen molar-refractivity contribution in [3.8, 4) is 0 Å². The molecule has 3 aromatic rings. The number of hydrogen-bond donors (Lipinski definition) is 2. The number of carbonyl (C=O) groups is 1. The van der Waals surface area contributed by atoms with Crippen LogP contribution in [0, 0.1) is 0 Å². The summed E-state index contributed by atoms with van der Waals surface area (Å²) < 4.78 is 0. The highest BCUT2D eigenvalue weighted by Gasteiger charge is 2.15. The topological polar surface area (TPSA) is 59.3 Å². The van der Waals surface area contributed by atoms with Gasteiger partial charge in [-0.2, -0.15) is 0 Å². The molecule has 0 aliphatic carbocycles. The van der Waals surface area contributed by atoms with Crippen LogP contribution < -0.4 is 10.2 Å². The molecule has 1 amide bonds. The largest absolute Gasteiger partial charge is 0.331 e. The molecule has 0 atom stereocenters. The zero-order chi connectivity index (χ0) is 18.5. The fourth-order valence-electron chi connectivity index (χ4n) is 3.47. The number of nitrogens with zero attached hydrogens (tertiary/aromatic N) is 2. The van der Waals surface area contributed by atoms with Crippen molar-refractivity contribution >= 4 is 34.3 Å². The Morgan fingerprint density at radius 2 is 1.81 bits per heavy atom. The third-order valence-electron chi connectivity index (χ3n) is 4.85. The Kier molecular flexibility index (Phi) is 5.65. The van der Waals surface area contributed by atoms with E-state index in [-0.39, 0.29) is 5.91 Å². The highest BCUT2D eigenvalue weighted by molar-refractivity contribution is 8.00. The minimum Gasteiger partial charge on any atom is -0.331 e. The predicted molar refractivity (Wildman–Crippen MR) is 109 cm³/mol. The Bertz CT molecular complexity index is 918. The number of nitrogens with one attached hydrogen (secondary N) is 2. The van der Waals surface area contributed by atoms with E-state index >= 15 is 0 Å². The molecule has 2 N–H and O–H groups in total. The maximum absolute atomic E-state index is 12.3. The number of aromatic nitrogens is 2. The van der Waals surface area contributed by atoms with E-state index in [0.717, 1.165) is 28.2 Å². The zero-order valence-corrected chi connectivity index (χ0v) is 16.0. The van der Waals surface area contributed by atoms with Gasteiger partial charge in [-0.05, 0) is 18.2 Å².